The van der Waals surface area contributed by atoms with Gasteiger partial charge in [0, 0.05) is 0 Å². The Balaban J connectivity index is 0.0000000840. The first-order chi connectivity index (χ1) is 69.2. The van der Waals surface area contributed by atoms with E-state index in [-0.39, 0.29) is 0 Å². The van der Waals surface area contributed by atoms with E-state index in [1.165, 1.54) is 319 Å². The quantitative estimate of drug-likeness (QED) is 0.120. The fourth-order valence-electron chi connectivity index (χ4n) is 26.2. The zero-order valence-electron chi connectivity index (χ0n) is 78.2. The van der Waals surface area contributed by atoms with Gasteiger partial charge in [0.05, 0.1) is 0 Å². The van der Waals surface area contributed by atoms with E-state index in [4.69, 9.17) is 0 Å². The lowest BCUT2D eigenvalue weighted by Gasteiger charge is -2.24. The Hall–Kier alpha value is -16.9. The van der Waals surface area contributed by atoms with Gasteiger partial charge >= 0.3 is 0 Å². The van der Waals surface area contributed by atoms with Crippen molar-refractivity contribution in [2.75, 3.05) is 0 Å². The van der Waals surface area contributed by atoms with E-state index >= 15 is 0 Å². The van der Waals surface area contributed by atoms with E-state index in [2.05, 4.69) is 451 Å². The highest BCUT2D eigenvalue weighted by Crippen LogP contribution is 2.55. The van der Waals surface area contributed by atoms with Crippen molar-refractivity contribution in [2.24, 2.45) is 0 Å². The van der Waals surface area contributed by atoms with E-state index in [1.54, 1.807) is 0 Å². The highest BCUT2D eigenvalue weighted by Gasteiger charge is 2.34. The third-order valence-electron chi connectivity index (χ3n) is 32.7. The highest BCUT2D eigenvalue weighted by atomic mass is 14.4. The number of hydrogen-bond donors (Lipinski definition) is 0. The SMILES string of the molecule is Cc1c(-c2ccccc2)ccc2c1Cc1c-2c2ccccc2c2ccccc12.Cc1c(-c2ccccc2)ccc2c1Cc1ccc3cc4ccccc4cc3c1-2.c1ccc2c(c1)Cc1c-2ccc2c1Cc1cccc3c1c-2cc1ccccc13.c1ccc2c(c1)Cc1cc3c(cc1-2)Cc1c2ccccc2cc2cccc-3c12.c1ccc2c(c1)Cc1cc3c(cc1-2)Cc1ccc2cc4ccccc4cc2c1-3. The molecule has 0 spiro atoms. The summed E-state index contributed by atoms with van der Waals surface area (Å²) in [5.74, 6) is 0. The van der Waals surface area contributed by atoms with Gasteiger partial charge in [-0.05, 0) is 445 Å². The molecule has 25 aromatic carbocycles. The smallest absolute Gasteiger partial charge is 0.000420 e. The van der Waals surface area contributed by atoms with Gasteiger partial charge in [0.1, 0.15) is 0 Å². The van der Waals surface area contributed by atoms with Gasteiger partial charge in [0.15, 0.2) is 0 Å². The molecule has 0 atom stereocenters. The van der Waals surface area contributed by atoms with Crippen molar-refractivity contribution in [3.8, 4) is 111 Å². The maximum Gasteiger partial charge on any atom is -0.000420 e. The number of rotatable bonds is 2. The predicted molar refractivity (Wildman–Crippen MR) is 594 cm³/mol. The van der Waals surface area contributed by atoms with Crippen LogP contribution in [0.4, 0.5) is 0 Å². The zero-order chi connectivity index (χ0) is 92.1. The van der Waals surface area contributed by atoms with Crippen molar-refractivity contribution in [1.29, 1.82) is 0 Å². The van der Waals surface area contributed by atoms with Gasteiger partial charge in [-0.2, -0.15) is 0 Å². The first-order valence-electron chi connectivity index (χ1n) is 50.0. The maximum atomic E-state index is 2.48. The summed E-state index contributed by atoms with van der Waals surface area (Å²) in [6, 6.07) is 162. The van der Waals surface area contributed by atoms with Gasteiger partial charge in [-0.3, -0.25) is 0 Å². The summed E-state index contributed by atoms with van der Waals surface area (Å²) >= 11 is 0. The third kappa shape index (κ3) is 12.7. The summed E-state index contributed by atoms with van der Waals surface area (Å²) in [6.07, 6.45) is 8.31. The Morgan fingerprint density at radius 3 is 1.10 bits per heavy atom. The summed E-state index contributed by atoms with van der Waals surface area (Å²) in [5, 5.41) is 27.3. The molecule has 0 nitrogen and oxygen atoms in total. The Kier molecular flexibility index (Phi) is 18.3. The molecule has 0 heterocycles. The summed E-state index contributed by atoms with van der Waals surface area (Å²) in [7, 11) is 0. The van der Waals surface area contributed by atoms with Crippen LogP contribution in [0.1, 0.15) is 100 Å². The minimum absolute atomic E-state index is 1.01. The molecule has 0 amide bonds. The lowest BCUT2D eigenvalue weighted by Crippen LogP contribution is -2.05. The molecule has 0 saturated carbocycles. The van der Waals surface area contributed by atoms with E-state index in [0.29, 0.717) is 0 Å². The van der Waals surface area contributed by atoms with Crippen molar-refractivity contribution >= 4 is 108 Å². The average molecular weight is 1780 g/mol. The van der Waals surface area contributed by atoms with Gasteiger partial charge in [0.2, 0.25) is 0 Å². The predicted octanol–water partition coefficient (Wildman–Crippen LogP) is 36.5. The number of fused-ring (bicyclic) bond motifs is 38. The van der Waals surface area contributed by atoms with Crippen LogP contribution >= 0.6 is 0 Å². The molecule has 0 radical (unpaired) electrons. The number of hydrogen-bond acceptors (Lipinski definition) is 0. The zero-order valence-corrected chi connectivity index (χ0v) is 78.2. The van der Waals surface area contributed by atoms with Crippen LogP contribution in [0, 0.1) is 13.8 Å². The standard InChI is InChI=1S/3C28H18.2C28H20/c1-3-9-22-18(7-1)13-20-14-26-21(15-25(20)22)16-27-23-10-4-2-6-17(23)12-19-8-5-11-24(26)28(19)27;1-3-9-20-17(6-1)14-25-22(20)12-13-23-26(25)16-19-8-5-11-24-21-10-4-2-7-18(21)15-27(23)28(19)24;1-2-6-18-14-26-20(11-17(18)5-1)9-10-21-13-23-15-25-22(16-27(23)28(21)26)12-19-7-3-4-8-24(19)25;1-18-20(19-9-3-2-4-10-19)15-16-25-26(18)17-27-23-13-6-5-11-21(23)22-12-7-8-14-24(22)28(25)27;1-18-24(19-7-3-2-4-8-19)13-14-25-26(18)17-23-12-11-22-15-20-9-5-6-10-21(20)16-27(22)28(23)25/h1-12,14-15H,13,16H2;1-13,15H,14,16H2;1-11,14-16H,12-13H2;2*2-16H,17H2,1H3. The first kappa shape index (κ1) is 80.4. The summed E-state index contributed by atoms with van der Waals surface area (Å²) in [4.78, 5) is 0. The van der Waals surface area contributed by atoms with Gasteiger partial charge in [-0.25, -0.2) is 0 Å². The van der Waals surface area contributed by atoms with E-state index < -0.39 is 0 Å². The van der Waals surface area contributed by atoms with Crippen molar-refractivity contribution in [3.63, 3.8) is 0 Å². The van der Waals surface area contributed by atoms with Crippen LogP contribution in [0.5, 0.6) is 0 Å². The molecule has 8 aliphatic rings. The molecule has 140 heavy (non-hydrogen) atoms. The van der Waals surface area contributed by atoms with Gasteiger partial charge in [0.25, 0.3) is 0 Å². The average Bonchev–Trinajstić information content (AvgIpc) is 1.39. The normalized spacial score (nSPS) is 13.0. The largest absolute Gasteiger partial charge is 0.0622 e. The van der Waals surface area contributed by atoms with Crippen molar-refractivity contribution in [2.45, 2.75) is 65.2 Å². The molecule has 0 saturated heterocycles. The molecule has 25 aromatic rings. The molecule has 654 valence electrons. The molecule has 0 aromatic heterocycles. The van der Waals surface area contributed by atoms with Gasteiger partial charge < -0.3 is 0 Å². The molecule has 0 bridgehead atoms. The number of benzene rings is 25. The molecule has 8 aliphatic carbocycles. The van der Waals surface area contributed by atoms with Gasteiger partial charge in [-0.15, -0.1) is 0 Å². The minimum atomic E-state index is 1.01. The first-order valence-corrected chi connectivity index (χ1v) is 50.0. The van der Waals surface area contributed by atoms with E-state index in [0.717, 1.165) is 51.4 Å². The third-order valence-corrected chi connectivity index (χ3v) is 32.7. The lowest BCUT2D eigenvalue weighted by atomic mass is 9.79. The molecule has 0 fully saturated rings. The molecule has 0 aliphatic heterocycles. The second-order valence-corrected chi connectivity index (χ2v) is 40.0. The Labute approximate surface area is 815 Å². The van der Waals surface area contributed by atoms with Crippen molar-refractivity contribution in [3.05, 3.63) is 537 Å². The van der Waals surface area contributed by atoms with Crippen LogP contribution in [-0.2, 0) is 51.4 Å². The van der Waals surface area contributed by atoms with Crippen LogP contribution in [-0.4, -0.2) is 0 Å². The molecule has 0 unspecified atom stereocenters. The van der Waals surface area contributed by atoms with Crippen LogP contribution < -0.4 is 0 Å². The molecule has 0 heteroatoms. The van der Waals surface area contributed by atoms with Crippen LogP contribution in [0.3, 0.4) is 0 Å². The summed E-state index contributed by atoms with van der Waals surface area (Å²) in [5.41, 5.74) is 54.6. The van der Waals surface area contributed by atoms with Crippen molar-refractivity contribution < 1.29 is 0 Å². The maximum absolute atomic E-state index is 2.48. The Bertz CT molecular complexity index is 9680. The Morgan fingerprint density at radius 2 is 0.486 bits per heavy atom. The van der Waals surface area contributed by atoms with E-state index in [9.17, 15) is 0 Å². The Morgan fingerprint density at radius 1 is 0.129 bits per heavy atom. The molecular formula is C140H94. The summed E-state index contributed by atoms with van der Waals surface area (Å²) in [6.45, 7) is 4.57. The van der Waals surface area contributed by atoms with Crippen LogP contribution in [0.15, 0.2) is 437 Å². The molecule has 0 N–H and O–H groups in total. The van der Waals surface area contributed by atoms with E-state index in [1.807, 2.05) is 0 Å². The monoisotopic (exact) mass is 1770 g/mol. The lowest BCUT2D eigenvalue weighted by molar-refractivity contribution is 1.12. The molecular weight excluding hydrogens is 1680 g/mol. The molecule has 33 rings (SSSR count). The highest BCUT2D eigenvalue weighted by molar-refractivity contribution is 6.20. The topological polar surface area (TPSA) is 0 Å². The second kappa shape index (κ2) is 31.9. The second-order valence-electron chi connectivity index (χ2n) is 40.0. The van der Waals surface area contributed by atoms with Crippen molar-refractivity contribution in [1.82, 2.24) is 0 Å². The fourth-order valence-corrected chi connectivity index (χ4v) is 26.2. The van der Waals surface area contributed by atoms with Crippen LogP contribution in [0.25, 0.3) is 219 Å². The fraction of sp³-hybridized carbons (Fsp3) is 0.0714. The van der Waals surface area contributed by atoms with Gasteiger partial charge in [-0.1, -0.05) is 376 Å². The minimum Gasteiger partial charge on any atom is -0.0622 e. The summed E-state index contributed by atoms with van der Waals surface area (Å²) < 4.78 is 0. The van der Waals surface area contributed by atoms with Crippen LogP contribution in [0.2, 0.25) is 0 Å².